The molecule has 0 aliphatic carbocycles. The molecule has 1 aromatic rings. The maximum Gasteiger partial charge on any atom is 0.341 e. The van der Waals surface area contributed by atoms with Gasteiger partial charge >= 0.3 is 5.97 Å². The Labute approximate surface area is 112 Å². The quantitative estimate of drug-likeness (QED) is 0.632. The Morgan fingerprint density at radius 1 is 1.56 bits per heavy atom. The van der Waals surface area contributed by atoms with E-state index >= 15 is 0 Å². The summed E-state index contributed by atoms with van der Waals surface area (Å²) in [5.41, 5.74) is 1.05. The van der Waals surface area contributed by atoms with E-state index in [1.54, 1.807) is 13.0 Å². The lowest BCUT2D eigenvalue weighted by Gasteiger charge is -2.14. The van der Waals surface area contributed by atoms with Crippen molar-refractivity contribution in [3.8, 4) is 0 Å². The van der Waals surface area contributed by atoms with Crippen molar-refractivity contribution in [2.45, 2.75) is 6.92 Å². The molecule has 0 spiro atoms. The standard InChI is InChI=1S/C12H18ClN3O2/c1-4-18-12(17)9-8-15-11(13)7-10(9)14-5-6-16(2)3/h7-8H,4-6H2,1-3H3,(H,14,15). The Morgan fingerprint density at radius 3 is 2.89 bits per heavy atom. The van der Waals surface area contributed by atoms with Gasteiger partial charge in [0.2, 0.25) is 0 Å². The molecule has 0 bridgehead atoms. The van der Waals surface area contributed by atoms with Gasteiger partial charge in [-0.3, -0.25) is 0 Å². The topological polar surface area (TPSA) is 54.5 Å². The van der Waals surface area contributed by atoms with Crippen LogP contribution in [-0.2, 0) is 4.74 Å². The van der Waals surface area contributed by atoms with Gasteiger partial charge in [0.15, 0.2) is 0 Å². The number of likely N-dealkylation sites (N-methyl/N-ethyl adjacent to an activating group) is 1. The van der Waals surface area contributed by atoms with Crippen molar-refractivity contribution in [2.24, 2.45) is 0 Å². The molecule has 1 heterocycles. The fourth-order valence-electron chi connectivity index (χ4n) is 1.36. The zero-order valence-electron chi connectivity index (χ0n) is 10.9. The number of ether oxygens (including phenoxy) is 1. The van der Waals surface area contributed by atoms with Gasteiger partial charge < -0.3 is 15.0 Å². The van der Waals surface area contributed by atoms with Gasteiger partial charge in [0.1, 0.15) is 10.7 Å². The van der Waals surface area contributed by atoms with E-state index in [0.717, 1.165) is 6.54 Å². The Bertz CT molecular complexity index is 410. The Kier molecular flexibility index (Phi) is 5.88. The summed E-state index contributed by atoms with van der Waals surface area (Å²) in [5, 5.41) is 3.50. The monoisotopic (exact) mass is 271 g/mol. The number of hydrogen-bond donors (Lipinski definition) is 1. The minimum atomic E-state index is -0.394. The van der Waals surface area contributed by atoms with E-state index in [1.807, 2.05) is 19.0 Å². The fourth-order valence-corrected chi connectivity index (χ4v) is 1.52. The molecule has 0 aromatic carbocycles. The van der Waals surface area contributed by atoms with Crippen molar-refractivity contribution in [3.05, 3.63) is 23.0 Å². The summed E-state index contributed by atoms with van der Waals surface area (Å²) in [7, 11) is 3.96. The molecule has 5 nitrogen and oxygen atoms in total. The van der Waals surface area contributed by atoms with Crippen LogP contribution in [0.25, 0.3) is 0 Å². The third-order valence-electron chi connectivity index (χ3n) is 2.24. The molecule has 0 aliphatic rings. The number of esters is 1. The largest absolute Gasteiger partial charge is 0.462 e. The molecule has 0 radical (unpaired) electrons. The van der Waals surface area contributed by atoms with Gasteiger partial charge in [0, 0.05) is 19.3 Å². The molecule has 1 aromatic heterocycles. The highest BCUT2D eigenvalue weighted by Crippen LogP contribution is 2.19. The number of pyridine rings is 1. The molecule has 0 aliphatic heterocycles. The Balaban J connectivity index is 2.79. The third kappa shape index (κ3) is 4.50. The molecule has 0 fully saturated rings. The molecule has 1 N–H and O–H groups in total. The SMILES string of the molecule is CCOC(=O)c1cnc(Cl)cc1NCCN(C)C. The van der Waals surface area contributed by atoms with E-state index < -0.39 is 5.97 Å². The highest BCUT2D eigenvalue weighted by atomic mass is 35.5. The smallest absolute Gasteiger partial charge is 0.341 e. The number of rotatable bonds is 6. The second-order valence-corrected chi connectivity index (χ2v) is 4.39. The zero-order chi connectivity index (χ0) is 13.5. The first-order valence-corrected chi connectivity index (χ1v) is 6.13. The molecule has 0 saturated heterocycles. The molecule has 0 unspecified atom stereocenters. The number of nitrogens with zero attached hydrogens (tertiary/aromatic N) is 2. The zero-order valence-corrected chi connectivity index (χ0v) is 11.6. The van der Waals surface area contributed by atoms with Gasteiger partial charge in [-0.05, 0) is 27.1 Å². The van der Waals surface area contributed by atoms with E-state index in [-0.39, 0.29) is 0 Å². The molecular formula is C12H18ClN3O2. The summed E-state index contributed by atoms with van der Waals surface area (Å²) in [6, 6.07) is 1.63. The first-order chi connectivity index (χ1) is 8.54. The van der Waals surface area contributed by atoms with Crippen molar-refractivity contribution in [1.82, 2.24) is 9.88 Å². The maximum absolute atomic E-state index is 11.7. The van der Waals surface area contributed by atoms with Gasteiger partial charge in [-0.1, -0.05) is 11.6 Å². The number of hydrogen-bond acceptors (Lipinski definition) is 5. The van der Waals surface area contributed by atoms with E-state index in [0.29, 0.717) is 29.6 Å². The summed E-state index contributed by atoms with van der Waals surface area (Å²) in [5.74, 6) is -0.394. The van der Waals surface area contributed by atoms with Crippen molar-refractivity contribution in [3.63, 3.8) is 0 Å². The fraction of sp³-hybridized carbons (Fsp3) is 0.500. The lowest BCUT2D eigenvalue weighted by Crippen LogP contribution is -2.21. The summed E-state index contributed by atoms with van der Waals surface area (Å²) < 4.78 is 4.96. The second-order valence-electron chi connectivity index (χ2n) is 4.00. The van der Waals surface area contributed by atoms with E-state index in [4.69, 9.17) is 16.3 Å². The molecule has 18 heavy (non-hydrogen) atoms. The summed E-state index contributed by atoms with van der Waals surface area (Å²) in [4.78, 5) is 17.7. The molecule has 0 amide bonds. The lowest BCUT2D eigenvalue weighted by molar-refractivity contribution is 0.0527. The number of carbonyl (C=O) groups excluding carboxylic acids is 1. The van der Waals surface area contributed by atoms with Crippen LogP contribution in [0.1, 0.15) is 17.3 Å². The van der Waals surface area contributed by atoms with E-state index in [2.05, 4.69) is 10.3 Å². The van der Waals surface area contributed by atoms with Crippen LogP contribution in [-0.4, -0.2) is 49.6 Å². The summed E-state index contributed by atoms with van der Waals surface area (Å²) in [6.45, 7) is 3.65. The summed E-state index contributed by atoms with van der Waals surface area (Å²) in [6.07, 6.45) is 1.43. The molecule has 0 atom stereocenters. The van der Waals surface area contributed by atoms with Gasteiger partial charge in [0.25, 0.3) is 0 Å². The molecule has 1 rings (SSSR count). The van der Waals surface area contributed by atoms with Crippen LogP contribution >= 0.6 is 11.6 Å². The Hall–Kier alpha value is -1.33. The minimum Gasteiger partial charge on any atom is -0.462 e. The van der Waals surface area contributed by atoms with Crippen molar-refractivity contribution in [2.75, 3.05) is 39.1 Å². The Morgan fingerprint density at radius 2 is 2.28 bits per heavy atom. The van der Waals surface area contributed by atoms with E-state index in [9.17, 15) is 4.79 Å². The number of nitrogens with one attached hydrogen (secondary N) is 1. The van der Waals surface area contributed by atoms with Gasteiger partial charge in [-0.2, -0.15) is 0 Å². The third-order valence-corrected chi connectivity index (χ3v) is 2.45. The van der Waals surface area contributed by atoms with Crippen LogP contribution in [0.2, 0.25) is 5.15 Å². The van der Waals surface area contributed by atoms with Gasteiger partial charge in [-0.15, -0.1) is 0 Å². The average Bonchev–Trinajstić information content (AvgIpc) is 2.29. The maximum atomic E-state index is 11.7. The number of anilines is 1. The van der Waals surface area contributed by atoms with Crippen molar-refractivity contribution >= 4 is 23.3 Å². The highest BCUT2D eigenvalue weighted by Gasteiger charge is 2.13. The molecule has 0 saturated carbocycles. The second kappa shape index (κ2) is 7.18. The highest BCUT2D eigenvalue weighted by molar-refractivity contribution is 6.29. The predicted molar refractivity (Wildman–Crippen MR) is 72.2 cm³/mol. The van der Waals surface area contributed by atoms with Crippen LogP contribution in [0.3, 0.4) is 0 Å². The minimum absolute atomic E-state index is 0.332. The first kappa shape index (κ1) is 14.7. The number of halogens is 1. The van der Waals surface area contributed by atoms with Crippen LogP contribution in [0.5, 0.6) is 0 Å². The predicted octanol–water partition coefficient (Wildman–Crippen LogP) is 1.89. The normalized spacial score (nSPS) is 10.5. The number of aromatic nitrogens is 1. The van der Waals surface area contributed by atoms with Crippen molar-refractivity contribution in [1.29, 1.82) is 0 Å². The average molecular weight is 272 g/mol. The van der Waals surface area contributed by atoms with Crippen LogP contribution in [0.15, 0.2) is 12.3 Å². The van der Waals surface area contributed by atoms with Crippen LogP contribution in [0, 0.1) is 0 Å². The molecule has 100 valence electrons. The lowest BCUT2D eigenvalue weighted by atomic mass is 10.2. The van der Waals surface area contributed by atoms with Gasteiger partial charge in [-0.25, -0.2) is 9.78 Å². The van der Waals surface area contributed by atoms with E-state index in [1.165, 1.54) is 6.20 Å². The first-order valence-electron chi connectivity index (χ1n) is 5.76. The van der Waals surface area contributed by atoms with Crippen LogP contribution < -0.4 is 5.32 Å². The van der Waals surface area contributed by atoms with Crippen molar-refractivity contribution < 1.29 is 9.53 Å². The number of carbonyl (C=O) groups is 1. The molecule has 6 heteroatoms. The summed E-state index contributed by atoms with van der Waals surface area (Å²) >= 11 is 5.83. The van der Waals surface area contributed by atoms with Crippen LogP contribution in [0.4, 0.5) is 5.69 Å². The van der Waals surface area contributed by atoms with Gasteiger partial charge in [0.05, 0.1) is 12.3 Å². The molecular weight excluding hydrogens is 254 g/mol.